The molecular formula is C16H14BrN3O. The number of rotatable bonds is 4. The van der Waals surface area contributed by atoms with Crippen LogP contribution in [0.3, 0.4) is 0 Å². The number of nitrogens with one attached hydrogen (secondary N) is 1. The summed E-state index contributed by atoms with van der Waals surface area (Å²) in [6, 6.07) is 16.7. The minimum Gasteiger partial charge on any atom is -0.365 e. The Bertz CT molecular complexity index is 694. The molecule has 2 rings (SSSR count). The van der Waals surface area contributed by atoms with Crippen molar-refractivity contribution in [2.45, 2.75) is 0 Å². The van der Waals surface area contributed by atoms with Crippen LogP contribution in [0.4, 0.5) is 11.4 Å². The molecule has 0 unspecified atom stereocenters. The van der Waals surface area contributed by atoms with E-state index in [1.807, 2.05) is 37.4 Å². The Kier molecular flexibility index (Phi) is 4.96. The first-order chi connectivity index (χ1) is 10.1. The molecule has 0 saturated heterocycles. The summed E-state index contributed by atoms with van der Waals surface area (Å²) in [7, 11) is 1.82. The molecule has 1 N–H and O–H groups in total. The van der Waals surface area contributed by atoms with Gasteiger partial charge in [0.25, 0.3) is 0 Å². The van der Waals surface area contributed by atoms with Crippen LogP contribution in [0.2, 0.25) is 0 Å². The van der Waals surface area contributed by atoms with Gasteiger partial charge in [0.1, 0.15) is 0 Å². The Morgan fingerprint density at radius 2 is 2.05 bits per heavy atom. The zero-order valence-electron chi connectivity index (χ0n) is 11.5. The van der Waals surface area contributed by atoms with Gasteiger partial charge in [-0.25, -0.2) is 0 Å². The van der Waals surface area contributed by atoms with Gasteiger partial charge >= 0.3 is 0 Å². The van der Waals surface area contributed by atoms with Crippen molar-refractivity contribution in [3.63, 3.8) is 0 Å². The standard InChI is InChI=1S/C16H14BrN3O/c1-20(15-7-2-4-12(8-15)10-18)11-16(21)19-14-6-3-5-13(17)9-14/h2-9H,11H2,1H3,(H,19,21). The summed E-state index contributed by atoms with van der Waals surface area (Å²) in [5.74, 6) is -0.113. The van der Waals surface area contributed by atoms with Crippen LogP contribution in [-0.4, -0.2) is 19.5 Å². The third kappa shape index (κ3) is 4.33. The van der Waals surface area contributed by atoms with Crippen LogP contribution in [0.15, 0.2) is 53.0 Å². The molecule has 2 aromatic carbocycles. The smallest absolute Gasteiger partial charge is 0.243 e. The predicted molar refractivity (Wildman–Crippen MR) is 87.2 cm³/mol. The molecule has 5 heteroatoms. The lowest BCUT2D eigenvalue weighted by Gasteiger charge is -2.19. The van der Waals surface area contributed by atoms with Crippen LogP contribution in [0, 0.1) is 11.3 Å². The van der Waals surface area contributed by atoms with E-state index < -0.39 is 0 Å². The van der Waals surface area contributed by atoms with Gasteiger partial charge in [-0.05, 0) is 36.4 Å². The maximum atomic E-state index is 12.0. The molecule has 0 aliphatic heterocycles. The number of anilines is 2. The largest absolute Gasteiger partial charge is 0.365 e. The summed E-state index contributed by atoms with van der Waals surface area (Å²) >= 11 is 3.36. The van der Waals surface area contributed by atoms with Gasteiger partial charge in [0.05, 0.1) is 18.2 Å². The average molecular weight is 344 g/mol. The first-order valence-corrected chi connectivity index (χ1v) is 7.14. The Morgan fingerprint density at radius 3 is 2.76 bits per heavy atom. The number of nitrogens with zero attached hydrogens (tertiary/aromatic N) is 2. The van der Waals surface area contributed by atoms with E-state index in [0.29, 0.717) is 5.56 Å². The third-order valence-electron chi connectivity index (χ3n) is 2.91. The van der Waals surface area contributed by atoms with Crippen LogP contribution in [-0.2, 0) is 4.79 Å². The van der Waals surface area contributed by atoms with Gasteiger partial charge in [-0.2, -0.15) is 5.26 Å². The second-order valence-electron chi connectivity index (χ2n) is 4.58. The maximum absolute atomic E-state index is 12.0. The summed E-state index contributed by atoms with van der Waals surface area (Å²) in [6.07, 6.45) is 0. The topological polar surface area (TPSA) is 56.1 Å². The van der Waals surface area contributed by atoms with E-state index in [0.717, 1.165) is 15.8 Å². The lowest BCUT2D eigenvalue weighted by molar-refractivity contribution is -0.114. The number of amides is 1. The van der Waals surface area contributed by atoms with Crippen LogP contribution >= 0.6 is 15.9 Å². The van der Waals surface area contributed by atoms with Crippen molar-refractivity contribution in [1.82, 2.24) is 0 Å². The summed E-state index contributed by atoms with van der Waals surface area (Å²) in [5, 5.41) is 11.7. The minimum atomic E-state index is -0.113. The van der Waals surface area contributed by atoms with Crippen LogP contribution in [0.25, 0.3) is 0 Å². The van der Waals surface area contributed by atoms with Crippen molar-refractivity contribution >= 4 is 33.2 Å². The molecule has 0 radical (unpaired) electrons. The predicted octanol–water partition coefficient (Wildman–Crippen LogP) is 3.40. The third-order valence-corrected chi connectivity index (χ3v) is 3.40. The number of likely N-dealkylation sites (N-methyl/N-ethyl adjacent to an activating group) is 1. The van der Waals surface area contributed by atoms with Crippen LogP contribution in [0.5, 0.6) is 0 Å². The van der Waals surface area contributed by atoms with Crippen LogP contribution < -0.4 is 10.2 Å². The Labute approximate surface area is 132 Å². The van der Waals surface area contributed by atoms with Crippen molar-refractivity contribution in [1.29, 1.82) is 5.26 Å². The van der Waals surface area contributed by atoms with Gasteiger partial charge < -0.3 is 10.2 Å². The quantitative estimate of drug-likeness (QED) is 0.925. The monoisotopic (exact) mass is 343 g/mol. The van der Waals surface area contributed by atoms with Crippen molar-refractivity contribution in [3.05, 3.63) is 58.6 Å². The van der Waals surface area contributed by atoms with E-state index in [1.165, 1.54) is 0 Å². The highest BCUT2D eigenvalue weighted by molar-refractivity contribution is 9.10. The molecule has 0 heterocycles. The molecule has 106 valence electrons. The van der Waals surface area contributed by atoms with Gasteiger partial charge in [0, 0.05) is 22.9 Å². The summed E-state index contributed by atoms with van der Waals surface area (Å²) in [5.41, 5.74) is 2.15. The molecular weight excluding hydrogens is 330 g/mol. The highest BCUT2D eigenvalue weighted by atomic mass is 79.9. The first-order valence-electron chi connectivity index (χ1n) is 6.35. The molecule has 0 spiro atoms. The Hall–Kier alpha value is -2.32. The molecule has 21 heavy (non-hydrogen) atoms. The molecule has 0 saturated carbocycles. The minimum absolute atomic E-state index is 0.113. The number of nitriles is 1. The summed E-state index contributed by atoms with van der Waals surface area (Å²) < 4.78 is 0.912. The van der Waals surface area contributed by atoms with E-state index in [2.05, 4.69) is 27.3 Å². The fraction of sp³-hybridized carbons (Fsp3) is 0.125. The number of benzene rings is 2. The number of carbonyl (C=O) groups excluding carboxylic acids is 1. The van der Waals surface area contributed by atoms with Gasteiger partial charge in [0.2, 0.25) is 5.91 Å². The molecule has 0 atom stereocenters. The van der Waals surface area contributed by atoms with Gasteiger partial charge in [-0.1, -0.05) is 28.1 Å². The van der Waals surface area contributed by atoms with E-state index in [9.17, 15) is 4.79 Å². The highest BCUT2D eigenvalue weighted by Gasteiger charge is 2.08. The molecule has 4 nitrogen and oxygen atoms in total. The van der Waals surface area contributed by atoms with Crippen molar-refractivity contribution in [2.24, 2.45) is 0 Å². The maximum Gasteiger partial charge on any atom is 0.243 e. The SMILES string of the molecule is CN(CC(=O)Nc1cccc(Br)c1)c1cccc(C#N)c1. The van der Waals surface area contributed by atoms with Crippen molar-refractivity contribution in [3.8, 4) is 6.07 Å². The van der Waals surface area contributed by atoms with E-state index in [1.54, 1.807) is 23.1 Å². The van der Waals surface area contributed by atoms with Gasteiger partial charge in [-0.15, -0.1) is 0 Å². The van der Waals surface area contributed by atoms with E-state index in [-0.39, 0.29) is 12.5 Å². The van der Waals surface area contributed by atoms with Gasteiger partial charge in [0.15, 0.2) is 0 Å². The van der Waals surface area contributed by atoms with E-state index >= 15 is 0 Å². The molecule has 1 amide bonds. The molecule has 0 bridgehead atoms. The molecule has 0 aliphatic carbocycles. The normalized spacial score (nSPS) is 9.76. The number of carbonyl (C=O) groups is 1. The fourth-order valence-electron chi connectivity index (χ4n) is 1.89. The van der Waals surface area contributed by atoms with E-state index in [4.69, 9.17) is 5.26 Å². The molecule has 2 aromatic rings. The number of halogens is 1. The number of hydrogen-bond acceptors (Lipinski definition) is 3. The van der Waals surface area contributed by atoms with Crippen molar-refractivity contribution < 1.29 is 4.79 Å². The Balaban J connectivity index is 2.00. The second kappa shape index (κ2) is 6.91. The lowest BCUT2D eigenvalue weighted by atomic mass is 10.2. The molecule has 0 aromatic heterocycles. The lowest BCUT2D eigenvalue weighted by Crippen LogP contribution is -2.30. The first kappa shape index (κ1) is 15.1. The Morgan fingerprint density at radius 1 is 1.29 bits per heavy atom. The average Bonchev–Trinajstić information content (AvgIpc) is 2.47. The zero-order chi connectivity index (χ0) is 15.2. The molecule has 0 aliphatic rings. The zero-order valence-corrected chi connectivity index (χ0v) is 13.1. The summed E-state index contributed by atoms with van der Waals surface area (Å²) in [4.78, 5) is 13.8. The highest BCUT2D eigenvalue weighted by Crippen LogP contribution is 2.17. The fourth-order valence-corrected chi connectivity index (χ4v) is 2.29. The summed E-state index contributed by atoms with van der Waals surface area (Å²) in [6.45, 7) is 0.210. The van der Waals surface area contributed by atoms with Gasteiger partial charge in [-0.3, -0.25) is 4.79 Å². The van der Waals surface area contributed by atoms with Crippen molar-refractivity contribution in [2.75, 3.05) is 23.8 Å². The number of hydrogen-bond donors (Lipinski definition) is 1. The van der Waals surface area contributed by atoms with Crippen LogP contribution in [0.1, 0.15) is 5.56 Å². The molecule has 0 fully saturated rings. The second-order valence-corrected chi connectivity index (χ2v) is 5.49.